The SMILES string of the molecule is Cc1nc2n(n1)CC(NC(=O)N1CCN(CC(=O)Nc3c(C)cccc3C)CC1)CC2. The van der Waals surface area contributed by atoms with Crippen LogP contribution in [-0.4, -0.2) is 75.3 Å². The Morgan fingerprint density at radius 1 is 1.10 bits per heavy atom. The number of fused-ring (bicyclic) bond motifs is 1. The second-order valence-corrected chi connectivity index (χ2v) is 8.52. The maximum atomic E-state index is 12.7. The Hall–Kier alpha value is -2.94. The number of piperazine rings is 1. The molecule has 3 amide bonds. The fourth-order valence-corrected chi connectivity index (χ4v) is 4.32. The van der Waals surface area contributed by atoms with E-state index in [4.69, 9.17) is 0 Å². The molecule has 0 spiro atoms. The van der Waals surface area contributed by atoms with E-state index in [-0.39, 0.29) is 18.0 Å². The summed E-state index contributed by atoms with van der Waals surface area (Å²) in [7, 11) is 0. The third-order valence-electron chi connectivity index (χ3n) is 6.06. The number of amides is 3. The number of rotatable bonds is 4. The fraction of sp³-hybridized carbons (Fsp3) is 0.545. The van der Waals surface area contributed by atoms with E-state index in [0.717, 1.165) is 41.3 Å². The number of nitrogens with one attached hydrogen (secondary N) is 2. The van der Waals surface area contributed by atoms with Crippen LogP contribution in [-0.2, 0) is 17.8 Å². The topological polar surface area (TPSA) is 95.4 Å². The number of carbonyl (C=O) groups is 2. The molecule has 0 radical (unpaired) electrons. The lowest BCUT2D eigenvalue weighted by Gasteiger charge is -2.35. The Morgan fingerprint density at radius 2 is 1.81 bits per heavy atom. The molecule has 1 fully saturated rings. The second kappa shape index (κ2) is 9.05. The molecule has 2 aromatic rings. The van der Waals surface area contributed by atoms with Crippen molar-refractivity contribution in [2.24, 2.45) is 0 Å². The number of aromatic nitrogens is 3. The number of hydrogen-bond acceptors (Lipinski definition) is 5. The number of urea groups is 1. The molecule has 1 atom stereocenters. The van der Waals surface area contributed by atoms with Crippen LogP contribution in [0.25, 0.3) is 0 Å². The van der Waals surface area contributed by atoms with Crippen LogP contribution in [0.15, 0.2) is 18.2 Å². The van der Waals surface area contributed by atoms with E-state index in [2.05, 4.69) is 25.6 Å². The highest BCUT2D eigenvalue weighted by Crippen LogP contribution is 2.19. The van der Waals surface area contributed by atoms with Crippen LogP contribution >= 0.6 is 0 Å². The molecule has 31 heavy (non-hydrogen) atoms. The molecule has 166 valence electrons. The molecule has 1 aromatic heterocycles. The minimum atomic E-state index is -0.0371. The van der Waals surface area contributed by atoms with Crippen molar-refractivity contribution in [2.75, 3.05) is 38.0 Å². The number of carbonyl (C=O) groups excluding carboxylic acids is 2. The molecule has 1 saturated heterocycles. The molecular weight excluding hydrogens is 394 g/mol. The molecule has 1 aromatic carbocycles. The summed E-state index contributed by atoms with van der Waals surface area (Å²) in [5, 5.41) is 10.6. The first kappa shape index (κ1) is 21.3. The number of benzene rings is 1. The molecule has 0 saturated carbocycles. The molecule has 4 rings (SSSR count). The van der Waals surface area contributed by atoms with E-state index in [1.807, 2.05) is 48.6 Å². The van der Waals surface area contributed by atoms with Crippen LogP contribution in [0.1, 0.15) is 29.2 Å². The number of para-hydroxylation sites is 1. The van der Waals surface area contributed by atoms with Crippen molar-refractivity contribution < 1.29 is 9.59 Å². The lowest BCUT2D eigenvalue weighted by Crippen LogP contribution is -2.55. The van der Waals surface area contributed by atoms with Crippen LogP contribution in [0.4, 0.5) is 10.5 Å². The normalized spacial score (nSPS) is 19.1. The van der Waals surface area contributed by atoms with Crippen LogP contribution in [0, 0.1) is 20.8 Å². The third-order valence-corrected chi connectivity index (χ3v) is 6.06. The lowest BCUT2D eigenvalue weighted by atomic mass is 10.1. The standard InChI is InChI=1S/C22H31N7O2/c1-15-5-4-6-16(2)21(15)25-20(30)14-27-9-11-28(12-10-27)22(31)24-18-7-8-19-23-17(3)26-29(19)13-18/h4-6,18H,7-14H2,1-3H3,(H,24,31)(H,25,30). The number of aryl methyl sites for hydroxylation is 4. The van der Waals surface area contributed by atoms with Gasteiger partial charge in [-0.25, -0.2) is 14.5 Å². The van der Waals surface area contributed by atoms with Gasteiger partial charge in [-0.15, -0.1) is 0 Å². The van der Waals surface area contributed by atoms with Crippen molar-refractivity contribution in [3.05, 3.63) is 41.0 Å². The quantitative estimate of drug-likeness (QED) is 0.774. The first-order valence-electron chi connectivity index (χ1n) is 10.9. The van der Waals surface area contributed by atoms with E-state index >= 15 is 0 Å². The largest absolute Gasteiger partial charge is 0.333 e. The smallest absolute Gasteiger partial charge is 0.317 e. The molecule has 2 aliphatic heterocycles. The van der Waals surface area contributed by atoms with Crippen molar-refractivity contribution in [3.63, 3.8) is 0 Å². The van der Waals surface area contributed by atoms with Gasteiger partial charge in [-0.2, -0.15) is 5.10 Å². The van der Waals surface area contributed by atoms with E-state index < -0.39 is 0 Å². The molecule has 9 heteroatoms. The highest BCUT2D eigenvalue weighted by atomic mass is 16.2. The van der Waals surface area contributed by atoms with Crippen molar-refractivity contribution in [1.82, 2.24) is 29.9 Å². The van der Waals surface area contributed by atoms with Gasteiger partial charge in [-0.05, 0) is 38.3 Å². The summed E-state index contributed by atoms with van der Waals surface area (Å²) in [5.41, 5.74) is 3.01. The summed E-state index contributed by atoms with van der Waals surface area (Å²) >= 11 is 0. The third kappa shape index (κ3) is 5.04. The minimum absolute atomic E-state index is 0.0172. The predicted molar refractivity (Wildman–Crippen MR) is 118 cm³/mol. The van der Waals surface area contributed by atoms with Gasteiger partial charge in [0.1, 0.15) is 11.6 Å². The number of anilines is 1. The maximum absolute atomic E-state index is 12.7. The average Bonchev–Trinajstić information content (AvgIpc) is 3.10. The molecule has 0 aliphatic carbocycles. The van der Waals surface area contributed by atoms with Crippen molar-refractivity contribution in [1.29, 1.82) is 0 Å². The number of nitrogens with zero attached hydrogens (tertiary/aromatic N) is 5. The zero-order chi connectivity index (χ0) is 22.0. The van der Waals surface area contributed by atoms with Crippen LogP contribution in [0.3, 0.4) is 0 Å². The van der Waals surface area contributed by atoms with E-state index in [1.165, 1.54) is 0 Å². The molecular formula is C22H31N7O2. The highest BCUT2D eigenvalue weighted by Gasteiger charge is 2.27. The molecule has 0 bridgehead atoms. The van der Waals surface area contributed by atoms with Gasteiger partial charge in [0.15, 0.2) is 0 Å². The molecule has 3 heterocycles. The zero-order valence-corrected chi connectivity index (χ0v) is 18.5. The highest BCUT2D eigenvalue weighted by molar-refractivity contribution is 5.93. The lowest BCUT2D eigenvalue weighted by molar-refractivity contribution is -0.117. The second-order valence-electron chi connectivity index (χ2n) is 8.52. The Labute approximate surface area is 182 Å². The zero-order valence-electron chi connectivity index (χ0n) is 18.5. The summed E-state index contributed by atoms with van der Waals surface area (Å²) in [5.74, 6) is 1.76. The monoisotopic (exact) mass is 425 g/mol. The van der Waals surface area contributed by atoms with Crippen LogP contribution < -0.4 is 10.6 Å². The summed E-state index contributed by atoms with van der Waals surface area (Å²) in [4.78, 5) is 33.6. The van der Waals surface area contributed by atoms with Gasteiger partial charge in [0, 0.05) is 38.3 Å². The van der Waals surface area contributed by atoms with Crippen molar-refractivity contribution in [2.45, 2.75) is 46.2 Å². The van der Waals surface area contributed by atoms with Crippen LogP contribution in [0.5, 0.6) is 0 Å². The summed E-state index contributed by atoms with van der Waals surface area (Å²) in [6.45, 7) is 9.48. The summed E-state index contributed by atoms with van der Waals surface area (Å²) in [6, 6.07) is 6.02. The van der Waals surface area contributed by atoms with Gasteiger partial charge in [-0.3, -0.25) is 9.69 Å². The Kier molecular flexibility index (Phi) is 6.22. The van der Waals surface area contributed by atoms with Gasteiger partial charge in [0.25, 0.3) is 0 Å². The van der Waals surface area contributed by atoms with E-state index in [0.29, 0.717) is 39.3 Å². The number of hydrogen-bond donors (Lipinski definition) is 2. The maximum Gasteiger partial charge on any atom is 0.317 e. The Morgan fingerprint density at radius 3 is 2.52 bits per heavy atom. The first-order valence-corrected chi connectivity index (χ1v) is 10.9. The van der Waals surface area contributed by atoms with Gasteiger partial charge >= 0.3 is 6.03 Å². The van der Waals surface area contributed by atoms with Crippen molar-refractivity contribution >= 4 is 17.6 Å². The van der Waals surface area contributed by atoms with Crippen LogP contribution in [0.2, 0.25) is 0 Å². The average molecular weight is 426 g/mol. The van der Waals surface area contributed by atoms with Gasteiger partial charge in [0.05, 0.1) is 19.1 Å². The van der Waals surface area contributed by atoms with E-state index in [1.54, 1.807) is 0 Å². The van der Waals surface area contributed by atoms with Gasteiger partial charge in [0.2, 0.25) is 5.91 Å². The molecule has 2 N–H and O–H groups in total. The Bertz CT molecular complexity index is 943. The Balaban J connectivity index is 1.22. The molecule has 2 aliphatic rings. The molecule has 9 nitrogen and oxygen atoms in total. The van der Waals surface area contributed by atoms with E-state index in [9.17, 15) is 9.59 Å². The summed E-state index contributed by atoms with van der Waals surface area (Å²) < 4.78 is 1.90. The first-order chi connectivity index (χ1) is 14.9. The van der Waals surface area contributed by atoms with Crippen molar-refractivity contribution in [3.8, 4) is 0 Å². The van der Waals surface area contributed by atoms with Gasteiger partial charge < -0.3 is 15.5 Å². The summed E-state index contributed by atoms with van der Waals surface area (Å²) in [6.07, 6.45) is 1.71. The fourth-order valence-electron chi connectivity index (χ4n) is 4.32. The van der Waals surface area contributed by atoms with Gasteiger partial charge in [-0.1, -0.05) is 18.2 Å². The minimum Gasteiger partial charge on any atom is -0.333 e. The molecule has 1 unspecified atom stereocenters. The predicted octanol–water partition coefficient (Wildman–Crippen LogP) is 1.48.